The Bertz CT molecular complexity index is 721. The average Bonchev–Trinajstić information content (AvgIpc) is 2.73. The van der Waals surface area contributed by atoms with Crippen molar-refractivity contribution in [3.8, 4) is 0 Å². The second kappa shape index (κ2) is 7.37. The van der Waals surface area contributed by atoms with Gasteiger partial charge in [0.1, 0.15) is 0 Å². The van der Waals surface area contributed by atoms with Gasteiger partial charge in [-0.25, -0.2) is 0 Å². The van der Waals surface area contributed by atoms with Crippen LogP contribution in [0.25, 0.3) is 0 Å². The van der Waals surface area contributed by atoms with Crippen molar-refractivity contribution >= 4 is 18.5 Å². The van der Waals surface area contributed by atoms with Crippen LogP contribution in [-0.4, -0.2) is 41.2 Å². The van der Waals surface area contributed by atoms with Gasteiger partial charge in [0.15, 0.2) is 0 Å². The monoisotopic (exact) mass is 399 g/mol. The van der Waals surface area contributed by atoms with Gasteiger partial charge in [-0.05, 0) is 73.0 Å². The fourth-order valence-electron chi connectivity index (χ4n) is 3.32. The van der Waals surface area contributed by atoms with E-state index in [-0.39, 0.29) is 17.6 Å². The molecule has 0 aliphatic carbocycles. The Morgan fingerprint density at radius 3 is 1.86 bits per heavy atom. The Kier molecular flexibility index (Phi) is 5.99. The maximum Gasteiger partial charge on any atom is 0.494 e. The number of hydrogen-bond donors (Lipinski definition) is 0. The van der Waals surface area contributed by atoms with Gasteiger partial charge >= 0.3 is 13.3 Å². The molecule has 1 aromatic carbocycles. The molecule has 8 heteroatoms. The first-order valence-corrected chi connectivity index (χ1v) is 9.48. The van der Waals surface area contributed by atoms with Crippen LogP contribution < -0.4 is 5.46 Å². The van der Waals surface area contributed by atoms with Gasteiger partial charge in [-0.1, -0.05) is 6.07 Å². The van der Waals surface area contributed by atoms with Crippen molar-refractivity contribution in [3.63, 3.8) is 0 Å². The summed E-state index contributed by atoms with van der Waals surface area (Å²) in [6, 6.07) is 3.03. The molecule has 0 N–H and O–H groups in total. The summed E-state index contributed by atoms with van der Waals surface area (Å²) in [6.45, 7) is 14.6. The largest absolute Gasteiger partial charge is 0.494 e. The van der Waals surface area contributed by atoms with Gasteiger partial charge in [-0.2, -0.15) is 13.2 Å². The van der Waals surface area contributed by atoms with Gasteiger partial charge in [-0.3, -0.25) is 4.79 Å². The minimum Gasteiger partial charge on any atom is -0.399 e. The molecule has 1 heterocycles. The van der Waals surface area contributed by atoms with Crippen LogP contribution in [0.2, 0.25) is 0 Å². The lowest BCUT2D eigenvalue weighted by molar-refractivity contribution is -0.138. The first-order valence-electron chi connectivity index (χ1n) is 9.48. The van der Waals surface area contributed by atoms with E-state index in [4.69, 9.17) is 9.31 Å². The molecule has 4 nitrogen and oxygen atoms in total. The van der Waals surface area contributed by atoms with E-state index >= 15 is 0 Å². The maximum atomic E-state index is 13.6. The molecule has 0 atom stereocenters. The summed E-state index contributed by atoms with van der Waals surface area (Å²) in [5.41, 5.74) is -2.22. The molecule has 1 saturated heterocycles. The number of halogens is 3. The average molecular weight is 399 g/mol. The summed E-state index contributed by atoms with van der Waals surface area (Å²) in [5.74, 6) is -0.657. The smallest absolute Gasteiger partial charge is 0.399 e. The fraction of sp³-hybridized carbons (Fsp3) is 0.650. The zero-order valence-corrected chi connectivity index (χ0v) is 17.8. The highest BCUT2D eigenvalue weighted by Crippen LogP contribution is 2.37. The molecule has 1 fully saturated rings. The van der Waals surface area contributed by atoms with Gasteiger partial charge in [0.05, 0.1) is 22.3 Å². The molecule has 0 bridgehead atoms. The fourth-order valence-corrected chi connectivity index (χ4v) is 3.32. The zero-order valence-electron chi connectivity index (χ0n) is 17.8. The number of hydrogen-bond acceptors (Lipinski definition) is 3. The second-order valence-electron chi connectivity index (χ2n) is 8.79. The molecule has 0 radical (unpaired) electrons. The molecular formula is C20H29BF3NO3. The third kappa shape index (κ3) is 4.22. The van der Waals surface area contributed by atoms with Crippen molar-refractivity contribution in [1.82, 2.24) is 4.90 Å². The van der Waals surface area contributed by atoms with Crippen molar-refractivity contribution in [2.75, 3.05) is 0 Å². The van der Waals surface area contributed by atoms with Crippen LogP contribution >= 0.6 is 0 Å². The van der Waals surface area contributed by atoms with E-state index in [0.717, 1.165) is 6.07 Å². The lowest BCUT2D eigenvalue weighted by Gasteiger charge is -2.32. The van der Waals surface area contributed by atoms with Crippen molar-refractivity contribution in [2.45, 2.75) is 84.9 Å². The Labute approximate surface area is 165 Å². The molecule has 0 saturated carbocycles. The SMILES string of the molecule is CC(C)N(C(=O)c1cc(B2OC(C)(C)C(C)(C)O2)ccc1C(F)(F)F)C(C)C. The van der Waals surface area contributed by atoms with Gasteiger partial charge in [0, 0.05) is 12.1 Å². The molecule has 28 heavy (non-hydrogen) atoms. The standard InChI is InChI=1S/C20H29BF3NO3/c1-12(2)25(13(3)4)17(26)15-11-14(9-10-16(15)20(22,23)24)21-27-18(5,6)19(7,8)28-21/h9-13H,1-8H3. The Hall–Kier alpha value is -1.54. The molecule has 0 aromatic heterocycles. The van der Waals surface area contributed by atoms with Gasteiger partial charge < -0.3 is 14.2 Å². The van der Waals surface area contributed by atoms with Crippen LogP contribution in [0.5, 0.6) is 0 Å². The number of carbonyl (C=O) groups excluding carboxylic acids is 1. The predicted octanol–water partition coefficient (Wildman–Crippen LogP) is 4.26. The minimum absolute atomic E-state index is 0.242. The van der Waals surface area contributed by atoms with Gasteiger partial charge in [0.2, 0.25) is 0 Å². The summed E-state index contributed by atoms with van der Waals surface area (Å²) in [5, 5.41) is 0. The number of carbonyl (C=O) groups is 1. The topological polar surface area (TPSA) is 38.8 Å². The van der Waals surface area contributed by atoms with Crippen LogP contribution in [0.3, 0.4) is 0 Å². The maximum absolute atomic E-state index is 13.6. The van der Waals surface area contributed by atoms with Crippen LogP contribution in [0.15, 0.2) is 18.2 Å². The number of rotatable bonds is 4. The van der Waals surface area contributed by atoms with Crippen LogP contribution in [0.4, 0.5) is 13.2 Å². The van der Waals surface area contributed by atoms with Crippen molar-refractivity contribution in [3.05, 3.63) is 29.3 Å². The zero-order chi connectivity index (χ0) is 21.7. The van der Waals surface area contributed by atoms with Crippen molar-refractivity contribution in [1.29, 1.82) is 0 Å². The molecular weight excluding hydrogens is 370 g/mol. The molecule has 1 amide bonds. The van der Waals surface area contributed by atoms with Crippen molar-refractivity contribution in [2.24, 2.45) is 0 Å². The van der Waals surface area contributed by atoms with E-state index in [1.54, 1.807) is 27.7 Å². The first kappa shape index (κ1) is 22.8. The van der Waals surface area contributed by atoms with E-state index in [0.29, 0.717) is 5.46 Å². The second-order valence-corrected chi connectivity index (χ2v) is 8.79. The molecule has 0 unspecified atom stereocenters. The van der Waals surface area contributed by atoms with E-state index in [1.807, 2.05) is 27.7 Å². The summed E-state index contributed by atoms with van der Waals surface area (Å²) < 4.78 is 52.7. The molecule has 1 aromatic rings. The molecule has 1 aliphatic rings. The Morgan fingerprint density at radius 1 is 1.00 bits per heavy atom. The number of benzene rings is 1. The first-order chi connectivity index (χ1) is 12.6. The molecule has 2 rings (SSSR count). The lowest BCUT2D eigenvalue weighted by Crippen LogP contribution is -2.43. The third-order valence-corrected chi connectivity index (χ3v) is 5.45. The van der Waals surface area contributed by atoms with E-state index in [9.17, 15) is 18.0 Å². The van der Waals surface area contributed by atoms with Gasteiger partial charge in [-0.15, -0.1) is 0 Å². The molecule has 1 aliphatic heterocycles. The Balaban J connectivity index is 2.54. The van der Waals surface area contributed by atoms with Crippen molar-refractivity contribution < 1.29 is 27.3 Å². The van der Waals surface area contributed by atoms with E-state index in [1.165, 1.54) is 17.0 Å². The summed E-state index contributed by atoms with van der Waals surface area (Å²) in [7, 11) is -0.842. The van der Waals surface area contributed by atoms with Crippen LogP contribution in [-0.2, 0) is 15.5 Å². The number of amides is 1. The Morgan fingerprint density at radius 2 is 1.46 bits per heavy atom. The quantitative estimate of drug-likeness (QED) is 0.711. The normalized spacial score (nSPS) is 18.8. The summed E-state index contributed by atoms with van der Waals surface area (Å²) in [4.78, 5) is 14.5. The third-order valence-electron chi connectivity index (χ3n) is 5.45. The number of alkyl halides is 3. The highest BCUT2D eigenvalue weighted by molar-refractivity contribution is 6.62. The minimum atomic E-state index is -4.64. The van der Waals surface area contributed by atoms with Crippen LogP contribution in [0, 0.1) is 0 Å². The number of nitrogens with zero attached hydrogens (tertiary/aromatic N) is 1. The lowest BCUT2D eigenvalue weighted by atomic mass is 9.77. The summed E-state index contributed by atoms with van der Waals surface area (Å²) >= 11 is 0. The molecule has 156 valence electrons. The van der Waals surface area contributed by atoms with Crippen LogP contribution in [0.1, 0.15) is 71.3 Å². The van der Waals surface area contributed by atoms with E-state index < -0.39 is 36.0 Å². The highest BCUT2D eigenvalue weighted by Gasteiger charge is 2.52. The van der Waals surface area contributed by atoms with Gasteiger partial charge in [0.25, 0.3) is 5.91 Å². The van der Waals surface area contributed by atoms with E-state index in [2.05, 4.69) is 0 Å². The molecule has 0 spiro atoms. The predicted molar refractivity (Wildman–Crippen MR) is 104 cm³/mol. The summed E-state index contributed by atoms with van der Waals surface area (Å²) in [6.07, 6.45) is -4.64. The highest BCUT2D eigenvalue weighted by atomic mass is 19.4.